The van der Waals surface area contributed by atoms with Crippen molar-refractivity contribution in [3.8, 4) is 11.5 Å². The van der Waals surface area contributed by atoms with Gasteiger partial charge in [-0.25, -0.2) is 0 Å². The summed E-state index contributed by atoms with van der Waals surface area (Å²) in [6.07, 6.45) is -1.52. The van der Waals surface area contributed by atoms with Crippen LogP contribution in [0.2, 0.25) is 10.0 Å². The molecule has 116 valence electrons. The lowest BCUT2D eigenvalue weighted by Crippen LogP contribution is -2.14. The van der Waals surface area contributed by atoms with E-state index in [9.17, 15) is 9.90 Å². The van der Waals surface area contributed by atoms with E-state index in [1.165, 1.54) is 20.3 Å². The molecule has 2 aromatic carbocycles. The van der Waals surface area contributed by atoms with Gasteiger partial charge in [0.2, 0.25) is 0 Å². The van der Waals surface area contributed by atoms with E-state index in [-0.39, 0.29) is 27.1 Å². The Bertz CT molecular complexity index is 658. The van der Waals surface area contributed by atoms with Crippen molar-refractivity contribution in [2.75, 3.05) is 14.2 Å². The Kier molecular flexibility index (Phi) is 5.29. The van der Waals surface area contributed by atoms with E-state index in [0.29, 0.717) is 5.56 Å². The molecule has 1 unspecified atom stereocenters. The number of benzene rings is 2. The molecule has 4 nitrogen and oxygen atoms in total. The first-order valence-electron chi connectivity index (χ1n) is 6.38. The Morgan fingerprint density at radius 3 is 2.00 bits per heavy atom. The van der Waals surface area contributed by atoms with E-state index in [1.807, 2.05) is 0 Å². The van der Waals surface area contributed by atoms with Gasteiger partial charge in [0.05, 0.1) is 24.3 Å². The predicted molar refractivity (Wildman–Crippen MR) is 85.3 cm³/mol. The lowest BCUT2D eigenvalue weighted by atomic mass is 9.99. The minimum Gasteiger partial charge on any atom is -0.495 e. The molecular weight excluding hydrogens is 327 g/mol. The lowest BCUT2D eigenvalue weighted by molar-refractivity contribution is 0.0747. The van der Waals surface area contributed by atoms with Crippen LogP contribution < -0.4 is 9.47 Å². The third-order valence-corrected chi connectivity index (χ3v) is 3.97. The minimum absolute atomic E-state index is 0.0633. The Hall–Kier alpha value is -1.75. The molecular formula is C16H14Cl2O4. The van der Waals surface area contributed by atoms with Gasteiger partial charge in [-0.3, -0.25) is 4.79 Å². The maximum atomic E-state index is 12.4. The lowest BCUT2D eigenvalue weighted by Gasteiger charge is -2.18. The van der Waals surface area contributed by atoms with Crippen molar-refractivity contribution in [2.45, 2.75) is 6.10 Å². The summed E-state index contributed by atoms with van der Waals surface area (Å²) in [6, 6.07) is 9.88. The summed E-state index contributed by atoms with van der Waals surface area (Å²) in [7, 11) is 2.84. The van der Waals surface area contributed by atoms with Crippen LogP contribution in [0.5, 0.6) is 11.5 Å². The van der Waals surface area contributed by atoms with Crippen molar-refractivity contribution < 1.29 is 19.4 Å². The van der Waals surface area contributed by atoms with E-state index < -0.39 is 11.9 Å². The standard InChI is InChI=1S/C16H14Cl2O4/c1-21-10-8-11(22-2)14(18)12(13(10)17)16(20)15(19)9-6-4-3-5-7-9/h3-8,16,20H,1-2H3. The van der Waals surface area contributed by atoms with Gasteiger partial charge in [0.25, 0.3) is 0 Å². The normalized spacial score (nSPS) is 11.9. The summed E-state index contributed by atoms with van der Waals surface area (Å²) in [5.41, 5.74) is 0.414. The number of carbonyl (C=O) groups excluding carboxylic acids is 1. The second-order valence-corrected chi connectivity index (χ2v) is 5.21. The van der Waals surface area contributed by atoms with Gasteiger partial charge in [0, 0.05) is 17.2 Å². The van der Waals surface area contributed by atoms with Gasteiger partial charge in [0.15, 0.2) is 5.78 Å². The topological polar surface area (TPSA) is 55.8 Å². The summed E-state index contributed by atoms with van der Waals surface area (Å²) in [6.45, 7) is 0. The largest absolute Gasteiger partial charge is 0.495 e. The smallest absolute Gasteiger partial charge is 0.195 e. The third-order valence-electron chi connectivity index (χ3n) is 3.19. The maximum Gasteiger partial charge on any atom is 0.195 e. The molecule has 1 N–H and O–H groups in total. The molecule has 0 saturated carbocycles. The molecule has 2 rings (SSSR count). The highest BCUT2D eigenvalue weighted by Gasteiger charge is 2.28. The van der Waals surface area contributed by atoms with E-state index in [4.69, 9.17) is 32.7 Å². The molecule has 22 heavy (non-hydrogen) atoms. The zero-order chi connectivity index (χ0) is 16.3. The van der Waals surface area contributed by atoms with E-state index in [0.717, 1.165) is 0 Å². The molecule has 1 atom stereocenters. The average Bonchev–Trinajstić information content (AvgIpc) is 2.55. The number of ether oxygens (including phenoxy) is 2. The summed E-state index contributed by atoms with van der Waals surface area (Å²) < 4.78 is 10.3. The number of hydrogen-bond donors (Lipinski definition) is 1. The molecule has 2 aromatic rings. The van der Waals surface area contributed by atoms with Crippen molar-refractivity contribution in [2.24, 2.45) is 0 Å². The summed E-state index contributed by atoms with van der Waals surface area (Å²) in [4.78, 5) is 12.4. The fourth-order valence-corrected chi connectivity index (χ4v) is 2.74. The monoisotopic (exact) mass is 340 g/mol. The number of hydrogen-bond acceptors (Lipinski definition) is 4. The quantitative estimate of drug-likeness (QED) is 0.838. The van der Waals surface area contributed by atoms with Crippen molar-refractivity contribution in [1.82, 2.24) is 0 Å². The van der Waals surface area contributed by atoms with E-state index in [1.54, 1.807) is 30.3 Å². The van der Waals surface area contributed by atoms with Crippen LogP contribution in [0.15, 0.2) is 36.4 Å². The van der Waals surface area contributed by atoms with Crippen LogP contribution in [-0.4, -0.2) is 25.1 Å². The highest BCUT2D eigenvalue weighted by atomic mass is 35.5. The molecule has 0 radical (unpaired) electrons. The SMILES string of the molecule is COc1cc(OC)c(Cl)c(C(O)C(=O)c2ccccc2)c1Cl. The Morgan fingerprint density at radius 2 is 1.55 bits per heavy atom. The highest BCUT2D eigenvalue weighted by molar-refractivity contribution is 6.38. The number of halogens is 2. The van der Waals surface area contributed by atoms with Crippen molar-refractivity contribution in [1.29, 1.82) is 0 Å². The van der Waals surface area contributed by atoms with E-state index >= 15 is 0 Å². The van der Waals surface area contributed by atoms with Crippen LogP contribution in [0, 0.1) is 0 Å². The number of aliphatic hydroxyl groups excluding tert-OH is 1. The Labute approximate surface area is 138 Å². The number of Topliss-reactive ketones (excluding diaryl/α,β-unsaturated/α-hetero) is 1. The first-order chi connectivity index (χ1) is 10.5. The summed E-state index contributed by atoms with van der Waals surface area (Å²) in [5, 5.41) is 10.6. The van der Waals surface area contributed by atoms with Gasteiger partial charge in [-0.1, -0.05) is 53.5 Å². The van der Waals surface area contributed by atoms with E-state index in [2.05, 4.69) is 0 Å². The van der Waals surface area contributed by atoms with Gasteiger partial charge in [-0.15, -0.1) is 0 Å². The molecule has 0 bridgehead atoms. The predicted octanol–water partition coefficient (Wildman–Crippen LogP) is 3.93. The number of aliphatic hydroxyl groups is 1. The fourth-order valence-electron chi connectivity index (χ4n) is 2.04. The van der Waals surface area contributed by atoms with Crippen molar-refractivity contribution in [3.05, 3.63) is 57.6 Å². The molecule has 0 aliphatic rings. The first kappa shape index (κ1) is 16.6. The highest BCUT2D eigenvalue weighted by Crippen LogP contribution is 2.43. The zero-order valence-corrected chi connectivity index (χ0v) is 13.5. The summed E-state index contributed by atoms with van der Waals surface area (Å²) >= 11 is 12.4. The Balaban J connectivity index is 2.53. The number of rotatable bonds is 5. The Morgan fingerprint density at radius 1 is 1.05 bits per heavy atom. The maximum absolute atomic E-state index is 12.4. The van der Waals surface area contributed by atoms with Gasteiger partial charge in [-0.2, -0.15) is 0 Å². The van der Waals surface area contributed by atoms with Crippen molar-refractivity contribution in [3.63, 3.8) is 0 Å². The number of methoxy groups -OCH3 is 2. The molecule has 0 aliphatic carbocycles. The second kappa shape index (κ2) is 7.01. The molecule has 0 aliphatic heterocycles. The molecule has 0 heterocycles. The first-order valence-corrected chi connectivity index (χ1v) is 7.14. The van der Waals surface area contributed by atoms with Gasteiger partial charge in [-0.05, 0) is 0 Å². The molecule has 0 amide bonds. The van der Waals surface area contributed by atoms with Gasteiger partial charge in [0.1, 0.15) is 17.6 Å². The average molecular weight is 341 g/mol. The molecule has 6 heteroatoms. The molecule has 0 spiro atoms. The summed E-state index contributed by atoms with van der Waals surface area (Å²) in [5.74, 6) is 0.00960. The van der Waals surface area contributed by atoms with Crippen molar-refractivity contribution >= 4 is 29.0 Å². The van der Waals surface area contributed by atoms with Crippen LogP contribution >= 0.6 is 23.2 Å². The van der Waals surface area contributed by atoms with Crippen LogP contribution in [-0.2, 0) is 0 Å². The second-order valence-electron chi connectivity index (χ2n) is 4.46. The minimum atomic E-state index is -1.52. The number of carbonyl (C=O) groups is 1. The molecule has 0 saturated heterocycles. The zero-order valence-electron chi connectivity index (χ0n) is 12.0. The fraction of sp³-hybridized carbons (Fsp3) is 0.188. The van der Waals surface area contributed by atoms with Crippen LogP contribution in [0.4, 0.5) is 0 Å². The van der Waals surface area contributed by atoms with Crippen LogP contribution in [0.25, 0.3) is 0 Å². The van der Waals surface area contributed by atoms with Gasteiger partial charge < -0.3 is 14.6 Å². The molecule has 0 fully saturated rings. The van der Waals surface area contributed by atoms with Gasteiger partial charge >= 0.3 is 0 Å². The van der Waals surface area contributed by atoms with Crippen LogP contribution in [0.3, 0.4) is 0 Å². The third kappa shape index (κ3) is 3.04. The number of ketones is 1. The molecule has 0 aromatic heterocycles. The van der Waals surface area contributed by atoms with Crippen LogP contribution in [0.1, 0.15) is 22.0 Å².